The molecule has 2 N–H and O–H groups in total. The van der Waals surface area contributed by atoms with Gasteiger partial charge in [-0.25, -0.2) is 4.98 Å². The molecule has 0 aliphatic rings. The van der Waals surface area contributed by atoms with Crippen molar-refractivity contribution in [2.45, 2.75) is 0 Å². The van der Waals surface area contributed by atoms with Crippen molar-refractivity contribution in [3.05, 3.63) is 6.20 Å². The first kappa shape index (κ1) is 10.5. The number of carbonyl (C=O) groups is 1. The molecule has 0 saturated heterocycles. The maximum absolute atomic E-state index is 10.1. The molecule has 0 fully saturated rings. The molecule has 6 nitrogen and oxygen atoms in total. The molecule has 0 aliphatic carbocycles. The summed E-state index contributed by atoms with van der Waals surface area (Å²) in [6.07, 6.45) is 1.62. The summed E-state index contributed by atoms with van der Waals surface area (Å²) in [5.41, 5.74) is 0. The summed E-state index contributed by atoms with van der Waals surface area (Å²) < 4.78 is 5.02. The third kappa shape index (κ3) is 2.74. The van der Waals surface area contributed by atoms with E-state index in [0.29, 0.717) is 12.3 Å². The van der Waals surface area contributed by atoms with Crippen LogP contribution in [0.3, 0.4) is 0 Å². The molecular weight excluding hydrogens is 210 g/mol. The van der Waals surface area contributed by atoms with Crippen LogP contribution in [-0.4, -0.2) is 34.0 Å². The summed E-state index contributed by atoms with van der Waals surface area (Å²) in [5.74, 6) is 0.0918. The van der Waals surface area contributed by atoms with Gasteiger partial charge in [-0.3, -0.25) is 4.79 Å². The normalized spacial score (nSPS) is 9.50. The number of rotatable bonds is 5. The van der Waals surface area contributed by atoms with E-state index in [1.165, 1.54) is 6.20 Å². The Labute approximate surface area is 84.9 Å². The number of ether oxygens (including phenoxy) is 1. The first-order valence-electron chi connectivity index (χ1n) is 3.73. The number of amides is 1. The summed E-state index contributed by atoms with van der Waals surface area (Å²) in [5, 5.41) is 11.3. The lowest BCUT2D eigenvalue weighted by molar-refractivity contribution is -0.105. The number of nitrogens with zero attached hydrogens (tertiary/aromatic N) is 2. The standard InChI is InChI=1S/C7H8ClN3O3/c8-1-2-14-5-3-9-7(13)6(11-5)10-4-12/h3-4H,1-2H2,(H,9,13)(H,10,11,12). The number of aromatic nitrogens is 2. The zero-order valence-corrected chi connectivity index (χ0v) is 7.86. The molecule has 0 radical (unpaired) electrons. The van der Waals surface area contributed by atoms with Crippen LogP contribution >= 0.6 is 11.6 Å². The third-order valence-electron chi connectivity index (χ3n) is 1.25. The Morgan fingerprint density at radius 3 is 3.14 bits per heavy atom. The molecule has 1 aromatic rings. The van der Waals surface area contributed by atoms with Crippen LogP contribution in [0.5, 0.6) is 11.8 Å². The van der Waals surface area contributed by atoms with Gasteiger partial charge in [0.15, 0.2) is 5.82 Å². The number of hydrogen-bond acceptors (Lipinski definition) is 5. The van der Waals surface area contributed by atoms with Crippen LogP contribution in [0, 0.1) is 0 Å². The molecule has 0 saturated carbocycles. The molecule has 14 heavy (non-hydrogen) atoms. The van der Waals surface area contributed by atoms with Gasteiger partial charge in [0.1, 0.15) is 6.61 Å². The van der Waals surface area contributed by atoms with Gasteiger partial charge >= 0.3 is 0 Å². The highest BCUT2D eigenvalue weighted by Crippen LogP contribution is 2.19. The van der Waals surface area contributed by atoms with E-state index in [4.69, 9.17) is 21.4 Å². The van der Waals surface area contributed by atoms with E-state index in [1.54, 1.807) is 0 Å². The van der Waals surface area contributed by atoms with Crippen LogP contribution in [0.25, 0.3) is 0 Å². The van der Waals surface area contributed by atoms with Gasteiger partial charge in [0.05, 0.1) is 12.1 Å². The topological polar surface area (TPSA) is 84.3 Å². The predicted molar refractivity (Wildman–Crippen MR) is 49.6 cm³/mol. The van der Waals surface area contributed by atoms with Gasteiger partial charge in [0, 0.05) is 0 Å². The van der Waals surface area contributed by atoms with Crippen LogP contribution in [0.4, 0.5) is 5.82 Å². The molecule has 0 aliphatic heterocycles. The Morgan fingerprint density at radius 2 is 2.50 bits per heavy atom. The Bertz CT molecular complexity index is 321. The quantitative estimate of drug-likeness (QED) is 0.550. The van der Waals surface area contributed by atoms with Gasteiger partial charge < -0.3 is 15.2 Å². The van der Waals surface area contributed by atoms with Gasteiger partial charge in [-0.1, -0.05) is 0 Å². The van der Waals surface area contributed by atoms with Crippen molar-refractivity contribution >= 4 is 23.8 Å². The van der Waals surface area contributed by atoms with E-state index in [0.717, 1.165) is 0 Å². The molecule has 0 unspecified atom stereocenters. The van der Waals surface area contributed by atoms with Gasteiger partial charge in [0.2, 0.25) is 12.3 Å². The molecular formula is C7H8ClN3O3. The summed E-state index contributed by atoms with van der Waals surface area (Å²) in [6.45, 7) is 0.279. The fourth-order valence-corrected chi connectivity index (χ4v) is 0.809. The van der Waals surface area contributed by atoms with Crippen LogP contribution in [0.1, 0.15) is 0 Å². The summed E-state index contributed by atoms with van der Waals surface area (Å²) >= 11 is 5.39. The number of carbonyl (C=O) groups excluding carboxylic acids is 1. The SMILES string of the molecule is O=CNc1nc(OCCCl)cnc1O. The molecule has 0 bridgehead atoms. The summed E-state index contributed by atoms with van der Waals surface area (Å²) in [7, 11) is 0. The number of alkyl halides is 1. The Morgan fingerprint density at radius 1 is 1.71 bits per heavy atom. The second-order valence-electron chi connectivity index (χ2n) is 2.18. The van der Waals surface area contributed by atoms with E-state index in [-0.39, 0.29) is 24.2 Å². The summed E-state index contributed by atoms with van der Waals surface area (Å²) in [6, 6.07) is 0. The van der Waals surface area contributed by atoms with Crippen molar-refractivity contribution in [1.29, 1.82) is 0 Å². The van der Waals surface area contributed by atoms with Crippen LogP contribution in [0.15, 0.2) is 6.20 Å². The smallest absolute Gasteiger partial charge is 0.255 e. The first-order valence-corrected chi connectivity index (χ1v) is 4.26. The minimum atomic E-state index is -0.365. The highest BCUT2D eigenvalue weighted by molar-refractivity contribution is 6.17. The lowest BCUT2D eigenvalue weighted by Crippen LogP contribution is -2.04. The number of anilines is 1. The average Bonchev–Trinajstić information content (AvgIpc) is 2.19. The monoisotopic (exact) mass is 217 g/mol. The Balaban J connectivity index is 2.77. The van der Waals surface area contributed by atoms with Crippen LogP contribution in [-0.2, 0) is 4.79 Å². The van der Waals surface area contributed by atoms with E-state index < -0.39 is 0 Å². The van der Waals surface area contributed by atoms with Gasteiger partial charge in [-0.15, -0.1) is 11.6 Å². The second kappa shape index (κ2) is 5.23. The van der Waals surface area contributed by atoms with Crippen molar-refractivity contribution in [1.82, 2.24) is 9.97 Å². The fourth-order valence-electron chi connectivity index (χ4n) is 0.732. The van der Waals surface area contributed by atoms with Crippen molar-refractivity contribution in [3.8, 4) is 11.8 Å². The largest absolute Gasteiger partial charge is 0.491 e. The molecule has 1 aromatic heterocycles. The lowest BCUT2D eigenvalue weighted by Gasteiger charge is -2.04. The predicted octanol–water partition coefficient (Wildman–Crippen LogP) is 0.368. The fraction of sp³-hybridized carbons (Fsp3) is 0.286. The van der Waals surface area contributed by atoms with Crippen molar-refractivity contribution < 1.29 is 14.6 Å². The molecule has 76 valence electrons. The second-order valence-corrected chi connectivity index (χ2v) is 2.56. The van der Waals surface area contributed by atoms with Crippen molar-refractivity contribution in [3.63, 3.8) is 0 Å². The number of halogens is 1. The molecule has 0 atom stereocenters. The molecule has 1 amide bonds. The number of aromatic hydroxyl groups is 1. The molecule has 1 heterocycles. The van der Waals surface area contributed by atoms with Crippen LogP contribution in [0.2, 0.25) is 0 Å². The minimum Gasteiger partial charge on any atom is -0.491 e. The van der Waals surface area contributed by atoms with E-state index in [9.17, 15) is 4.79 Å². The zero-order valence-electron chi connectivity index (χ0n) is 7.11. The first-order chi connectivity index (χ1) is 6.77. The maximum Gasteiger partial charge on any atom is 0.255 e. The third-order valence-corrected chi connectivity index (χ3v) is 1.41. The maximum atomic E-state index is 10.1. The molecule has 7 heteroatoms. The minimum absolute atomic E-state index is 0.0490. The van der Waals surface area contributed by atoms with E-state index in [1.807, 2.05) is 0 Å². The van der Waals surface area contributed by atoms with Gasteiger partial charge in [0.25, 0.3) is 5.88 Å². The number of nitrogens with one attached hydrogen (secondary N) is 1. The molecule has 0 spiro atoms. The Kier molecular flexibility index (Phi) is 3.93. The lowest BCUT2D eigenvalue weighted by atomic mass is 10.6. The van der Waals surface area contributed by atoms with Crippen molar-refractivity contribution in [2.75, 3.05) is 17.8 Å². The van der Waals surface area contributed by atoms with Crippen LogP contribution < -0.4 is 10.1 Å². The highest BCUT2D eigenvalue weighted by Gasteiger charge is 2.05. The number of hydrogen-bond donors (Lipinski definition) is 2. The zero-order chi connectivity index (χ0) is 10.4. The average molecular weight is 218 g/mol. The van der Waals surface area contributed by atoms with Crippen molar-refractivity contribution in [2.24, 2.45) is 0 Å². The van der Waals surface area contributed by atoms with E-state index in [2.05, 4.69) is 15.3 Å². The van der Waals surface area contributed by atoms with E-state index >= 15 is 0 Å². The molecule has 1 rings (SSSR count). The Hall–Kier alpha value is -1.56. The summed E-state index contributed by atoms with van der Waals surface area (Å²) in [4.78, 5) is 17.4. The molecule has 0 aromatic carbocycles. The van der Waals surface area contributed by atoms with Gasteiger partial charge in [-0.05, 0) is 0 Å². The van der Waals surface area contributed by atoms with Gasteiger partial charge in [-0.2, -0.15) is 4.98 Å². The highest BCUT2D eigenvalue weighted by atomic mass is 35.5.